The molecule has 0 radical (unpaired) electrons. The van der Waals surface area contributed by atoms with Crippen LogP contribution in [0.2, 0.25) is 0 Å². The minimum absolute atomic E-state index is 0.0327. The van der Waals surface area contributed by atoms with Crippen LogP contribution < -0.4 is 15.0 Å². The number of benzene rings is 1. The number of hydrogen-bond donors (Lipinski definition) is 1. The zero-order chi connectivity index (χ0) is 18.4. The number of pyridine rings is 1. The molecular formula is C20H26N4O2. The van der Waals surface area contributed by atoms with Crippen LogP contribution in [0, 0.1) is 13.8 Å². The van der Waals surface area contributed by atoms with Crippen molar-refractivity contribution in [1.29, 1.82) is 0 Å². The van der Waals surface area contributed by atoms with Gasteiger partial charge in [0.2, 0.25) is 0 Å². The van der Waals surface area contributed by atoms with E-state index in [9.17, 15) is 4.79 Å². The van der Waals surface area contributed by atoms with Gasteiger partial charge < -0.3 is 19.9 Å². The molecule has 0 unspecified atom stereocenters. The number of carbonyl (C=O) groups excluding carboxylic acids is 1. The molecule has 0 saturated carbocycles. The Kier molecular flexibility index (Phi) is 5.94. The molecule has 138 valence electrons. The van der Waals surface area contributed by atoms with E-state index in [1.165, 1.54) is 11.1 Å². The predicted octanol–water partition coefficient (Wildman–Crippen LogP) is 2.61. The molecule has 26 heavy (non-hydrogen) atoms. The molecule has 0 spiro atoms. The second-order valence-electron chi connectivity index (χ2n) is 6.57. The van der Waals surface area contributed by atoms with Crippen LogP contribution >= 0.6 is 0 Å². The van der Waals surface area contributed by atoms with E-state index in [2.05, 4.69) is 21.3 Å². The number of carbonyl (C=O) groups is 1. The summed E-state index contributed by atoms with van der Waals surface area (Å²) >= 11 is 0. The summed E-state index contributed by atoms with van der Waals surface area (Å²) in [4.78, 5) is 20.7. The molecule has 0 aliphatic carbocycles. The Bertz CT molecular complexity index is 708. The third kappa shape index (κ3) is 4.88. The summed E-state index contributed by atoms with van der Waals surface area (Å²) in [5.74, 6) is 1.81. The van der Waals surface area contributed by atoms with Crippen molar-refractivity contribution >= 4 is 11.8 Å². The molecule has 0 bridgehead atoms. The van der Waals surface area contributed by atoms with E-state index in [-0.39, 0.29) is 6.03 Å². The van der Waals surface area contributed by atoms with Gasteiger partial charge in [0.05, 0.1) is 6.54 Å². The Labute approximate surface area is 154 Å². The van der Waals surface area contributed by atoms with Gasteiger partial charge in [-0.2, -0.15) is 0 Å². The van der Waals surface area contributed by atoms with Crippen molar-refractivity contribution in [2.24, 2.45) is 0 Å². The summed E-state index contributed by atoms with van der Waals surface area (Å²) < 4.78 is 5.73. The largest absolute Gasteiger partial charge is 0.492 e. The second kappa shape index (κ2) is 8.56. The standard InChI is InChI=1S/C20H26N4O2/c1-16-13-17(2)15-18(14-16)26-12-7-22-20(25)24-10-8-23(9-11-24)19-5-3-4-6-21-19/h3-6,13-15H,7-12H2,1-2H3,(H,22,25). The summed E-state index contributed by atoms with van der Waals surface area (Å²) in [5.41, 5.74) is 2.35. The number of aromatic nitrogens is 1. The summed E-state index contributed by atoms with van der Waals surface area (Å²) in [6.07, 6.45) is 1.80. The number of hydrogen-bond acceptors (Lipinski definition) is 4. The van der Waals surface area contributed by atoms with E-state index in [0.29, 0.717) is 26.2 Å². The topological polar surface area (TPSA) is 57.7 Å². The van der Waals surface area contributed by atoms with Crippen LogP contribution in [0.3, 0.4) is 0 Å². The molecule has 1 fully saturated rings. The van der Waals surface area contributed by atoms with Gasteiger partial charge in [-0.15, -0.1) is 0 Å². The molecule has 3 rings (SSSR count). The molecule has 1 N–H and O–H groups in total. The Morgan fingerprint density at radius 3 is 2.50 bits per heavy atom. The van der Waals surface area contributed by atoms with Gasteiger partial charge in [0, 0.05) is 32.4 Å². The summed E-state index contributed by atoms with van der Waals surface area (Å²) in [5, 5.41) is 2.93. The van der Waals surface area contributed by atoms with Gasteiger partial charge in [0.15, 0.2) is 0 Å². The lowest BCUT2D eigenvalue weighted by atomic mass is 10.1. The number of ether oxygens (including phenoxy) is 1. The number of urea groups is 1. The fourth-order valence-electron chi connectivity index (χ4n) is 3.13. The normalized spacial score (nSPS) is 14.2. The van der Waals surface area contributed by atoms with E-state index in [1.807, 2.05) is 49.1 Å². The number of nitrogens with one attached hydrogen (secondary N) is 1. The zero-order valence-electron chi connectivity index (χ0n) is 15.4. The highest BCUT2D eigenvalue weighted by molar-refractivity contribution is 5.74. The molecule has 1 saturated heterocycles. The number of amides is 2. The molecule has 6 nitrogen and oxygen atoms in total. The number of rotatable bonds is 5. The maximum Gasteiger partial charge on any atom is 0.317 e. The maximum absolute atomic E-state index is 12.3. The number of aryl methyl sites for hydroxylation is 2. The lowest BCUT2D eigenvalue weighted by molar-refractivity contribution is 0.191. The highest BCUT2D eigenvalue weighted by Crippen LogP contribution is 2.16. The van der Waals surface area contributed by atoms with Crippen LogP contribution in [0.25, 0.3) is 0 Å². The van der Waals surface area contributed by atoms with Gasteiger partial charge in [0.25, 0.3) is 0 Å². The lowest BCUT2D eigenvalue weighted by Crippen LogP contribution is -2.52. The van der Waals surface area contributed by atoms with E-state index >= 15 is 0 Å². The summed E-state index contributed by atoms with van der Waals surface area (Å²) in [6, 6.07) is 12.0. The molecule has 0 atom stereocenters. The molecule has 1 aliphatic rings. The first kappa shape index (κ1) is 18.0. The molecule has 2 heterocycles. The van der Waals surface area contributed by atoms with Crippen molar-refractivity contribution in [3.8, 4) is 5.75 Å². The lowest BCUT2D eigenvalue weighted by Gasteiger charge is -2.35. The van der Waals surface area contributed by atoms with E-state index in [1.54, 1.807) is 6.20 Å². The molecule has 1 aromatic carbocycles. The van der Waals surface area contributed by atoms with Crippen LogP contribution in [0.4, 0.5) is 10.6 Å². The number of anilines is 1. The van der Waals surface area contributed by atoms with Crippen molar-refractivity contribution in [3.63, 3.8) is 0 Å². The average molecular weight is 354 g/mol. The Morgan fingerprint density at radius 1 is 1.12 bits per heavy atom. The van der Waals surface area contributed by atoms with Crippen LogP contribution in [-0.4, -0.2) is 55.2 Å². The Hall–Kier alpha value is -2.76. The van der Waals surface area contributed by atoms with E-state index in [4.69, 9.17) is 4.74 Å². The van der Waals surface area contributed by atoms with Crippen molar-refractivity contribution in [1.82, 2.24) is 15.2 Å². The third-order valence-corrected chi connectivity index (χ3v) is 4.38. The Morgan fingerprint density at radius 2 is 1.85 bits per heavy atom. The highest BCUT2D eigenvalue weighted by Gasteiger charge is 2.21. The van der Waals surface area contributed by atoms with Gasteiger partial charge in [-0.25, -0.2) is 9.78 Å². The summed E-state index contributed by atoms with van der Waals surface area (Å²) in [7, 11) is 0. The minimum atomic E-state index is -0.0327. The maximum atomic E-state index is 12.3. The molecule has 2 aromatic rings. The van der Waals surface area contributed by atoms with Gasteiger partial charge in [-0.05, 0) is 49.2 Å². The first-order valence-corrected chi connectivity index (χ1v) is 9.02. The van der Waals surface area contributed by atoms with Crippen molar-refractivity contribution < 1.29 is 9.53 Å². The van der Waals surface area contributed by atoms with Gasteiger partial charge in [-0.3, -0.25) is 0 Å². The van der Waals surface area contributed by atoms with Crippen LogP contribution in [0.1, 0.15) is 11.1 Å². The smallest absolute Gasteiger partial charge is 0.317 e. The van der Waals surface area contributed by atoms with Crippen molar-refractivity contribution in [2.45, 2.75) is 13.8 Å². The van der Waals surface area contributed by atoms with Crippen LogP contribution in [0.15, 0.2) is 42.6 Å². The first-order valence-electron chi connectivity index (χ1n) is 9.02. The minimum Gasteiger partial charge on any atom is -0.492 e. The number of nitrogens with zero attached hydrogens (tertiary/aromatic N) is 3. The molecule has 6 heteroatoms. The quantitative estimate of drug-likeness (QED) is 0.839. The fourth-order valence-corrected chi connectivity index (χ4v) is 3.13. The fraction of sp³-hybridized carbons (Fsp3) is 0.400. The van der Waals surface area contributed by atoms with Gasteiger partial charge in [-0.1, -0.05) is 12.1 Å². The first-order chi connectivity index (χ1) is 12.6. The molecular weight excluding hydrogens is 328 g/mol. The van der Waals surface area contributed by atoms with E-state index in [0.717, 1.165) is 24.7 Å². The van der Waals surface area contributed by atoms with Crippen molar-refractivity contribution in [3.05, 3.63) is 53.7 Å². The number of piperazine rings is 1. The average Bonchev–Trinajstić information content (AvgIpc) is 2.65. The third-order valence-electron chi connectivity index (χ3n) is 4.38. The van der Waals surface area contributed by atoms with Crippen LogP contribution in [-0.2, 0) is 0 Å². The predicted molar refractivity (Wildman–Crippen MR) is 103 cm³/mol. The summed E-state index contributed by atoms with van der Waals surface area (Å²) in [6.45, 7) is 8.03. The molecule has 2 amide bonds. The SMILES string of the molecule is Cc1cc(C)cc(OCCNC(=O)N2CCN(c3ccccn3)CC2)c1. The van der Waals surface area contributed by atoms with Gasteiger partial charge in [0.1, 0.15) is 18.2 Å². The monoisotopic (exact) mass is 354 g/mol. The highest BCUT2D eigenvalue weighted by atomic mass is 16.5. The van der Waals surface area contributed by atoms with Gasteiger partial charge >= 0.3 is 6.03 Å². The van der Waals surface area contributed by atoms with Crippen LogP contribution in [0.5, 0.6) is 5.75 Å². The van der Waals surface area contributed by atoms with E-state index < -0.39 is 0 Å². The zero-order valence-corrected chi connectivity index (χ0v) is 15.4. The molecule has 1 aliphatic heterocycles. The van der Waals surface area contributed by atoms with Crippen molar-refractivity contribution in [2.75, 3.05) is 44.2 Å². The second-order valence-corrected chi connectivity index (χ2v) is 6.57. The Balaban J connectivity index is 1.38. The molecule has 1 aromatic heterocycles.